The Bertz CT molecular complexity index is 1110. The highest BCUT2D eigenvalue weighted by Crippen LogP contribution is 2.33. The van der Waals surface area contributed by atoms with Gasteiger partial charge < -0.3 is 14.5 Å². The summed E-state index contributed by atoms with van der Waals surface area (Å²) in [6.07, 6.45) is 4.08. The summed E-state index contributed by atoms with van der Waals surface area (Å²) >= 11 is 4.68. The molecule has 0 spiro atoms. The number of nitrogens with one attached hydrogen (secondary N) is 1. The van der Waals surface area contributed by atoms with Crippen LogP contribution in [0.4, 0.5) is 4.39 Å². The van der Waals surface area contributed by atoms with Crippen LogP contribution in [0.1, 0.15) is 29.1 Å². The lowest BCUT2D eigenvalue weighted by atomic mass is 9.97. The molecular weight excluding hydrogens is 451 g/mol. The van der Waals surface area contributed by atoms with Crippen molar-refractivity contribution < 1.29 is 18.7 Å². The minimum atomic E-state index is -0.685. The zero-order valence-corrected chi connectivity index (χ0v) is 17.1. The molecule has 0 fully saturated rings. The van der Waals surface area contributed by atoms with Crippen LogP contribution >= 0.6 is 27.3 Å². The number of rotatable bonds is 5. The van der Waals surface area contributed by atoms with Gasteiger partial charge in [-0.3, -0.25) is 4.79 Å². The summed E-state index contributed by atoms with van der Waals surface area (Å²) in [4.78, 5) is 33.4. The van der Waals surface area contributed by atoms with Gasteiger partial charge in [-0.1, -0.05) is 15.9 Å². The summed E-state index contributed by atoms with van der Waals surface area (Å²) < 4.78 is 24.5. The molecule has 146 valence electrons. The Morgan fingerprint density at radius 1 is 1.32 bits per heavy atom. The number of fused-ring (bicyclic) bond motifs is 3. The van der Waals surface area contributed by atoms with Crippen molar-refractivity contribution in [2.45, 2.75) is 32.3 Å². The lowest BCUT2D eigenvalue weighted by Gasteiger charge is -2.09. The number of benzene rings is 1. The summed E-state index contributed by atoms with van der Waals surface area (Å²) in [5.74, 6) is -1.03. The molecule has 0 saturated carbocycles. The molecule has 4 rings (SSSR count). The van der Waals surface area contributed by atoms with Gasteiger partial charge in [-0.25, -0.2) is 14.2 Å². The van der Waals surface area contributed by atoms with Gasteiger partial charge in [0.15, 0.2) is 18.2 Å². The Morgan fingerprint density at radius 3 is 2.96 bits per heavy atom. The third kappa shape index (κ3) is 3.95. The summed E-state index contributed by atoms with van der Waals surface area (Å²) in [5, 5.41) is 0.656. The number of nitrogens with zero attached hydrogens (tertiary/aromatic N) is 1. The fraction of sp³-hybridized carbons (Fsp3) is 0.316. The van der Waals surface area contributed by atoms with Gasteiger partial charge in [0.25, 0.3) is 5.56 Å². The van der Waals surface area contributed by atoms with Crippen LogP contribution in [0.25, 0.3) is 10.2 Å². The summed E-state index contributed by atoms with van der Waals surface area (Å²) in [7, 11) is 0. The second-order valence-electron chi connectivity index (χ2n) is 6.43. The number of esters is 1. The quantitative estimate of drug-likeness (QED) is 0.576. The predicted octanol–water partition coefficient (Wildman–Crippen LogP) is 3.89. The molecule has 1 aliphatic rings. The van der Waals surface area contributed by atoms with Crippen molar-refractivity contribution in [3.63, 3.8) is 0 Å². The molecule has 2 aromatic heterocycles. The molecular formula is C19H16BrFN2O4S. The van der Waals surface area contributed by atoms with Gasteiger partial charge in [-0.05, 0) is 49.4 Å². The predicted molar refractivity (Wildman–Crippen MR) is 106 cm³/mol. The number of aromatic amines is 1. The average Bonchev–Trinajstić information content (AvgIpc) is 3.04. The van der Waals surface area contributed by atoms with Gasteiger partial charge in [0, 0.05) is 9.35 Å². The first-order chi connectivity index (χ1) is 13.5. The Morgan fingerprint density at radius 2 is 2.14 bits per heavy atom. The van der Waals surface area contributed by atoms with E-state index >= 15 is 0 Å². The van der Waals surface area contributed by atoms with Crippen molar-refractivity contribution in [2.24, 2.45) is 0 Å². The number of aryl methyl sites for hydroxylation is 2. The molecule has 2 heterocycles. The smallest absolute Gasteiger partial charge is 0.344 e. The van der Waals surface area contributed by atoms with Crippen molar-refractivity contribution in [3.05, 3.63) is 55.1 Å². The highest BCUT2D eigenvalue weighted by Gasteiger charge is 2.20. The molecule has 0 atom stereocenters. The van der Waals surface area contributed by atoms with E-state index in [2.05, 4.69) is 25.9 Å². The van der Waals surface area contributed by atoms with E-state index in [1.54, 1.807) is 6.07 Å². The SMILES string of the molecule is O=C(COc1ccc(Br)cc1F)OCc1nc2sc3c(c2c(=O)[nH]1)CCCC3. The van der Waals surface area contributed by atoms with Gasteiger partial charge in [0.2, 0.25) is 0 Å². The third-order valence-corrected chi connectivity index (χ3v) is 6.16. The molecule has 3 aromatic rings. The van der Waals surface area contributed by atoms with Crippen molar-refractivity contribution in [1.29, 1.82) is 0 Å². The van der Waals surface area contributed by atoms with Crippen molar-refractivity contribution in [3.8, 4) is 5.75 Å². The highest BCUT2D eigenvalue weighted by molar-refractivity contribution is 9.10. The maximum atomic E-state index is 13.7. The van der Waals surface area contributed by atoms with Crippen molar-refractivity contribution in [2.75, 3.05) is 6.61 Å². The minimum Gasteiger partial charge on any atom is -0.479 e. The van der Waals surface area contributed by atoms with Gasteiger partial charge >= 0.3 is 5.97 Å². The Hall–Kier alpha value is -2.26. The van der Waals surface area contributed by atoms with E-state index in [9.17, 15) is 14.0 Å². The van der Waals surface area contributed by atoms with Crippen LogP contribution < -0.4 is 10.3 Å². The van der Waals surface area contributed by atoms with Crippen LogP contribution in [0.3, 0.4) is 0 Å². The van der Waals surface area contributed by atoms with E-state index in [0.717, 1.165) is 31.2 Å². The first kappa shape index (κ1) is 19.1. The molecule has 0 radical (unpaired) electrons. The Kier molecular flexibility index (Phi) is 5.45. The first-order valence-electron chi connectivity index (χ1n) is 8.78. The largest absolute Gasteiger partial charge is 0.479 e. The van der Waals surface area contributed by atoms with E-state index in [1.807, 2.05) is 0 Å². The number of carbonyl (C=O) groups is 1. The van der Waals surface area contributed by atoms with Gasteiger partial charge in [0.1, 0.15) is 17.3 Å². The van der Waals surface area contributed by atoms with E-state index in [1.165, 1.54) is 28.3 Å². The maximum absolute atomic E-state index is 13.7. The molecule has 1 aliphatic carbocycles. The fourth-order valence-corrected chi connectivity index (χ4v) is 4.81. The molecule has 9 heteroatoms. The Labute approximate surface area is 171 Å². The van der Waals surface area contributed by atoms with Crippen LogP contribution in [-0.2, 0) is 29.0 Å². The van der Waals surface area contributed by atoms with E-state index in [4.69, 9.17) is 9.47 Å². The second kappa shape index (κ2) is 8.00. The van der Waals surface area contributed by atoms with Gasteiger partial charge in [-0.15, -0.1) is 11.3 Å². The zero-order valence-electron chi connectivity index (χ0n) is 14.7. The molecule has 0 bridgehead atoms. The number of aromatic nitrogens is 2. The third-order valence-electron chi connectivity index (χ3n) is 4.48. The average molecular weight is 467 g/mol. The number of hydrogen-bond acceptors (Lipinski definition) is 6. The summed E-state index contributed by atoms with van der Waals surface area (Å²) in [5.41, 5.74) is 0.900. The molecule has 0 saturated heterocycles. The van der Waals surface area contributed by atoms with Crippen LogP contribution in [0.15, 0.2) is 27.5 Å². The summed E-state index contributed by atoms with van der Waals surface area (Å²) in [6.45, 7) is -0.628. The van der Waals surface area contributed by atoms with Crippen molar-refractivity contribution in [1.82, 2.24) is 9.97 Å². The lowest BCUT2D eigenvalue weighted by Crippen LogP contribution is -2.18. The van der Waals surface area contributed by atoms with E-state index in [0.29, 0.717) is 14.7 Å². The first-order valence-corrected chi connectivity index (χ1v) is 10.4. The standard InChI is InChI=1S/C19H16BrFN2O4S/c20-10-5-6-13(12(21)7-10)26-9-16(24)27-8-15-22-18(25)17-11-3-1-2-4-14(11)28-19(17)23-15/h5-7H,1-4,8-9H2,(H,22,23,25). The number of ether oxygens (including phenoxy) is 2. The molecule has 1 aromatic carbocycles. The monoisotopic (exact) mass is 466 g/mol. The minimum absolute atomic E-state index is 0.0442. The van der Waals surface area contributed by atoms with E-state index in [-0.39, 0.29) is 23.7 Å². The molecule has 0 aliphatic heterocycles. The molecule has 1 N–H and O–H groups in total. The lowest BCUT2D eigenvalue weighted by molar-refractivity contribution is -0.147. The molecule has 28 heavy (non-hydrogen) atoms. The number of carbonyl (C=O) groups excluding carboxylic acids is 1. The second-order valence-corrected chi connectivity index (χ2v) is 8.43. The fourth-order valence-electron chi connectivity index (χ4n) is 3.20. The number of thiophene rings is 1. The van der Waals surface area contributed by atoms with Crippen LogP contribution in [0.2, 0.25) is 0 Å². The maximum Gasteiger partial charge on any atom is 0.344 e. The van der Waals surface area contributed by atoms with Crippen LogP contribution in [-0.4, -0.2) is 22.5 Å². The number of hydrogen-bond donors (Lipinski definition) is 1. The molecule has 6 nitrogen and oxygen atoms in total. The topological polar surface area (TPSA) is 81.3 Å². The highest BCUT2D eigenvalue weighted by atomic mass is 79.9. The van der Waals surface area contributed by atoms with E-state index < -0.39 is 18.4 Å². The van der Waals surface area contributed by atoms with Crippen LogP contribution in [0, 0.1) is 5.82 Å². The van der Waals surface area contributed by atoms with Gasteiger partial charge in [0.05, 0.1) is 5.39 Å². The molecule has 0 unspecified atom stereocenters. The van der Waals surface area contributed by atoms with Gasteiger partial charge in [-0.2, -0.15) is 0 Å². The summed E-state index contributed by atoms with van der Waals surface area (Å²) in [6, 6.07) is 4.26. The molecule has 0 amide bonds. The number of halogens is 2. The van der Waals surface area contributed by atoms with Crippen molar-refractivity contribution >= 4 is 43.5 Å². The number of H-pyrrole nitrogens is 1. The Balaban J connectivity index is 1.41. The zero-order chi connectivity index (χ0) is 19.7. The normalized spacial score (nSPS) is 13.4. The van der Waals surface area contributed by atoms with Crippen LogP contribution in [0.5, 0.6) is 5.75 Å².